The molecule has 0 saturated carbocycles. The zero-order valence-electron chi connectivity index (χ0n) is 9.99. The lowest BCUT2D eigenvalue weighted by atomic mass is 10.1. The van der Waals surface area contributed by atoms with E-state index in [1.165, 1.54) is 7.11 Å². The van der Waals surface area contributed by atoms with Gasteiger partial charge in [0.05, 0.1) is 7.11 Å². The monoisotopic (exact) mass is 262 g/mol. The first kappa shape index (κ1) is 12.7. The minimum Gasteiger partial charge on any atom is -0.497 e. The highest BCUT2D eigenvalue weighted by Crippen LogP contribution is 2.14. The predicted octanol–water partition coefficient (Wildman–Crippen LogP) is 0.936. The van der Waals surface area contributed by atoms with E-state index in [4.69, 9.17) is 9.84 Å². The summed E-state index contributed by atoms with van der Waals surface area (Å²) in [4.78, 5) is 26.2. The molecule has 0 amide bonds. The van der Waals surface area contributed by atoms with Crippen molar-refractivity contribution in [2.45, 2.75) is 6.42 Å². The van der Waals surface area contributed by atoms with Crippen molar-refractivity contribution in [1.82, 2.24) is 10.1 Å². The average molecular weight is 262 g/mol. The van der Waals surface area contributed by atoms with Crippen LogP contribution in [0.4, 0.5) is 0 Å². The average Bonchev–Trinajstić information content (AvgIpc) is 2.85. The van der Waals surface area contributed by atoms with Gasteiger partial charge in [0, 0.05) is 5.56 Å². The van der Waals surface area contributed by atoms with Crippen molar-refractivity contribution in [1.29, 1.82) is 0 Å². The second-order valence-electron chi connectivity index (χ2n) is 3.64. The van der Waals surface area contributed by atoms with Crippen molar-refractivity contribution in [2.24, 2.45) is 0 Å². The number of hydrogen-bond acceptors (Lipinski definition) is 6. The van der Waals surface area contributed by atoms with Gasteiger partial charge in [0.25, 0.3) is 0 Å². The molecule has 7 heteroatoms. The minimum absolute atomic E-state index is 0.107. The van der Waals surface area contributed by atoms with Crippen LogP contribution < -0.4 is 4.74 Å². The fraction of sp³-hybridized carbons (Fsp3) is 0.167. The number of benzene rings is 1. The third kappa shape index (κ3) is 2.95. The van der Waals surface area contributed by atoms with Crippen LogP contribution in [-0.4, -0.2) is 34.1 Å². The number of nitrogens with zero attached hydrogens (tertiary/aromatic N) is 2. The van der Waals surface area contributed by atoms with Crippen LogP contribution in [0.15, 0.2) is 28.8 Å². The summed E-state index contributed by atoms with van der Waals surface area (Å²) in [5.74, 6) is -1.20. The third-order valence-electron chi connectivity index (χ3n) is 2.33. The molecule has 0 atom stereocenters. The van der Waals surface area contributed by atoms with Gasteiger partial charge in [-0.1, -0.05) is 5.16 Å². The Kier molecular flexibility index (Phi) is 3.56. The largest absolute Gasteiger partial charge is 0.497 e. The second kappa shape index (κ2) is 5.30. The third-order valence-corrected chi connectivity index (χ3v) is 2.33. The summed E-state index contributed by atoms with van der Waals surface area (Å²) < 4.78 is 9.65. The molecule has 1 heterocycles. The topological polar surface area (TPSA) is 103 Å². The molecule has 7 nitrogen and oxygen atoms in total. The SMILES string of the molecule is COc1ccc(C(=O)c2noc(CC(=O)O)n2)cc1. The Labute approximate surface area is 107 Å². The molecule has 0 aliphatic rings. The number of carboxylic acid groups (broad SMARTS) is 1. The van der Waals surface area contributed by atoms with Crippen LogP contribution in [0.5, 0.6) is 5.75 Å². The van der Waals surface area contributed by atoms with E-state index in [-0.39, 0.29) is 11.7 Å². The molecule has 19 heavy (non-hydrogen) atoms. The molecule has 0 fully saturated rings. The van der Waals surface area contributed by atoms with Crippen LogP contribution in [0, 0.1) is 0 Å². The summed E-state index contributed by atoms with van der Waals surface area (Å²) in [7, 11) is 1.52. The zero-order valence-corrected chi connectivity index (χ0v) is 9.99. The Morgan fingerprint density at radius 1 is 1.32 bits per heavy atom. The van der Waals surface area contributed by atoms with E-state index < -0.39 is 18.2 Å². The van der Waals surface area contributed by atoms with Crippen LogP contribution in [0.2, 0.25) is 0 Å². The highest BCUT2D eigenvalue weighted by Gasteiger charge is 2.17. The molecule has 0 radical (unpaired) electrons. The van der Waals surface area contributed by atoms with Crippen molar-refractivity contribution in [3.63, 3.8) is 0 Å². The van der Waals surface area contributed by atoms with Crippen molar-refractivity contribution in [3.8, 4) is 5.75 Å². The lowest BCUT2D eigenvalue weighted by Gasteiger charge is -1.99. The van der Waals surface area contributed by atoms with Gasteiger partial charge >= 0.3 is 5.97 Å². The predicted molar refractivity (Wildman–Crippen MR) is 62.1 cm³/mol. The molecular formula is C12H10N2O5. The number of methoxy groups -OCH3 is 1. The number of aromatic nitrogens is 2. The van der Waals surface area contributed by atoms with Crippen LogP contribution in [0.3, 0.4) is 0 Å². The van der Waals surface area contributed by atoms with Gasteiger partial charge in [0.15, 0.2) is 0 Å². The molecule has 0 aliphatic carbocycles. The summed E-state index contributed by atoms with van der Waals surface area (Å²) >= 11 is 0. The number of carboxylic acids is 1. The summed E-state index contributed by atoms with van der Waals surface area (Å²) in [5.41, 5.74) is 0.364. The number of rotatable bonds is 5. The van der Waals surface area contributed by atoms with Crippen LogP contribution in [-0.2, 0) is 11.2 Å². The first-order valence-electron chi connectivity index (χ1n) is 5.33. The maximum Gasteiger partial charge on any atom is 0.312 e. The number of ether oxygens (including phenoxy) is 1. The summed E-state index contributed by atoms with van der Waals surface area (Å²) in [6.07, 6.45) is -0.414. The van der Waals surface area contributed by atoms with Crippen LogP contribution >= 0.6 is 0 Å². The maximum atomic E-state index is 12.0. The first-order chi connectivity index (χ1) is 9.10. The normalized spacial score (nSPS) is 10.2. The maximum absolute atomic E-state index is 12.0. The van der Waals surface area contributed by atoms with Gasteiger partial charge in [-0.15, -0.1) is 0 Å². The van der Waals surface area contributed by atoms with E-state index in [1.54, 1.807) is 24.3 Å². The molecule has 0 spiro atoms. The molecule has 0 unspecified atom stereocenters. The molecule has 0 bridgehead atoms. The van der Waals surface area contributed by atoms with Gasteiger partial charge in [-0.05, 0) is 24.3 Å². The number of ketones is 1. The number of aliphatic carboxylic acids is 1. The van der Waals surface area contributed by atoms with E-state index in [0.717, 1.165) is 0 Å². The van der Waals surface area contributed by atoms with Gasteiger partial charge in [-0.3, -0.25) is 9.59 Å². The molecule has 98 valence electrons. The van der Waals surface area contributed by atoms with Crippen molar-refractivity contribution < 1.29 is 24.0 Å². The van der Waals surface area contributed by atoms with E-state index in [1.807, 2.05) is 0 Å². The highest BCUT2D eigenvalue weighted by molar-refractivity contribution is 6.06. The van der Waals surface area contributed by atoms with E-state index in [9.17, 15) is 9.59 Å². The van der Waals surface area contributed by atoms with E-state index >= 15 is 0 Å². The molecule has 1 aromatic heterocycles. The lowest BCUT2D eigenvalue weighted by molar-refractivity contribution is -0.136. The molecular weight excluding hydrogens is 252 g/mol. The van der Waals surface area contributed by atoms with Crippen LogP contribution in [0.25, 0.3) is 0 Å². The number of carbonyl (C=O) groups excluding carboxylic acids is 1. The van der Waals surface area contributed by atoms with Gasteiger partial charge in [0.1, 0.15) is 12.2 Å². The Hall–Kier alpha value is -2.70. The quantitative estimate of drug-likeness (QED) is 0.799. The Bertz CT molecular complexity index is 603. The minimum atomic E-state index is -1.10. The molecule has 1 aromatic carbocycles. The molecule has 2 aromatic rings. The standard InChI is InChI=1S/C12H10N2O5/c1-18-8-4-2-7(3-5-8)11(17)12-13-9(19-14-12)6-10(15)16/h2-5H,6H2,1H3,(H,15,16). The summed E-state index contributed by atoms with van der Waals surface area (Å²) in [6.45, 7) is 0. The van der Waals surface area contributed by atoms with Crippen molar-refractivity contribution in [2.75, 3.05) is 7.11 Å². The lowest BCUT2D eigenvalue weighted by Crippen LogP contribution is -2.05. The van der Waals surface area contributed by atoms with Crippen molar-refractivity contribution >= 4 is 11.8 Å². The number of carbonyl (C=O) groups is 2. The summed E-state index contributed by atoms with van der Waals surface area (Å²) in [5, 5.41) is 12.0. The summed E-state index contributed by atoms with van der Waals surface area (Å²) in [6, 6.07) is 6.39. The molecule has 2 rings (SSSR count). The van der Waals surface area contributed by atoms with Crippen LogP contribution in [0.1, 0.15) is 22.1 Å². The van der Waals surface area contributed by atoms with E-state index in [0.29, 0.717) is 11.3 Å². The highest BCUT2D eigenvalue weighted by atomic mass is 16.5. The molecule has 1 N–H and O–H groups in total. The van der Waals surface area contributed by atoms with Crippen molar-refractivity contribution in [3.05, 3.63) is 41.5 Å². The van der Waals surface area contributed by atoms with Gasteiger partial charge in [-0.25, -0.2) is 0 Å². The van der Waals surface area contributed by atoms with Gasteiger partial charge in [0.2, 0.25) is 17.5 Å². The van der Waals surface area contributed by atoms with Gasteiger partial charge in [-0.2, -0.15) is 4.98 Å². The fourth-order valence-electron chi connectivity index (χ4n) is 1.42. The molecule has 0 aliphatic heterocycles. The Morgan fingerprint density at radius 3 is 2.58 bits per heavy atom. The first-order valence-corrected chi connectivity index (χ1v) is 5.33. The Morgan fingerprint density at radius 2 is 2.00 bits per heavy atom. The Balaban J connectivity index is 2.18. The number of hydrogen-bond donors (Lipinski definition) is 1. The fourth-order valence-corrected chi connectivity index (χ4v) is 1.42. The smallest absolute Gasteiger partial charge is 0.312 e. The second-order valence-corrected chi connectivity index (χ2v) is 3.64. The zero-order chi connectivity index (χ0) is 13.8. The molecule has 0 saturated heterocycles. The van der Waals surface area contributed by atoms with E-state index in [2.05, 4.69) is 14.7 Å². The van der Waals surface area contributed by atoms with Gasteiger partial charge < -0.3 is 14.4 Å².